The number of fused-ring (bicyclic) bond motifs is 1. The molecule has 2 nitrogen and oxygen atoms in total. The number of halogens is 6. The number of hydrogen-bond acceptors (Lipinski definition) is 2. The first kappa shape index (κ1) is 17.7. The quantitative estimate of drug-likeness (QED) is 0.719. The fourth-order valence-corrected chi connectivity index (χ4v) is 2.99. The van der Waals surface area contributed by atoms with E-state index in [1.807, 2.05) is 0 Å². The van der Waals surface area contributed by atoms with Crippen molar-refractivity contribution < 1.29 is 31.4 Å². The molecule has 1 aliphatic carbocycles. The Morgan fingerprint density at radius 1 is 0.960 bits per heavy atom. The summed E-state index contributed by atoms with van der Waals surface area (Å²) >= 11 is 0. The number of aliphatic hydroxyl groups is 1. The summed E-state index contributed by atoms with van der Waals surface area (Å²) in [5.41, 5.74) is -1.29. The van der Waals surface area contributed by atoms with Crippen molar-refractivity contribution in [1.29, 1.82) is 0 Å². The van der Waals surface area contributed by atoms with Gasteiger partial charge in [-0.1, -0.05) is 0 Å². The first-order valence-electron chi connectivity index (χ1n) is 7.45. The molecule has 0 amide bonds. The van der Waals surface area contributed by atoms with Gasteiger partial charge in [0, 0.05) is 5.56 Å². The van der Waals surface area contributed by atoms with Gasteiger partial charge in [-0.2, -0.15) is 26.3 Å². The van der Waals surface area contributed by atoms with Crippen molar-refractivity contribution in [1.82, 2.24) is 4.98 Å². The monoisotopic (exact) mass is 361 g/mol. The van der Waals surface area contributed by atoms with Crippen LogP contribution in [0.25, 0.3) is 11.3 Å². The summed E-state index contributed by atoms with van der Waals surface area (Å²) in [6.07, 6.45) is -9.68. The lowest BCUT2D eigenvalue weighted by Gasteiger charge is -2.15. The van der Waals surface area contributed by atoms with Crippen molar-refractivity contribution in [2.75, 3.05) is 0 Å². The van der Waals surface area contributed by atoms with Crippen molar-refractivity contribution in [3.8, 4) is 11.3 Å². The van der Waals surface area contributed by atoms with Crippen LogP contribution in [0.4, 0.5) is 26.3 Å². The van der Waals surface area contributed by atoms with Crippen LogP contribution in [0.3, 0.4) is 0 Å². The lowest BCUT2D eigenvalue weighted by Crippen LogP contribution is -2.11. The average Bonchev–Trinajstić information content (AvgIpc) is 2.87. The summed E-state index contributed by atoms with van der Waals surface area (Å²) in [5, 5.41) is 9.92. The zero-order valence-electron chi connectivity index (χ0n) is 13.0. The smallest absolute Gasteiger partial charge is 0.387 e. The number of pyridine rings is 1. The third-order valence-electron chi connectivity index (χ3n) is 4.25. The van der Waals surface area contributed by atoms with Crippen molar-refractivity contribution in [3.05, 3.63) is 52.2 Å². The standard InChI is InChI=1S/C17H13F6NO/c1-8-4-13(24-15-12(8)2-3-14(15)25)9-5-10(16(18,19)20)7-11(6-9)17(21,22)23/h4-7,14,25H,2-3H2,1H3. The van der Waals surface area contributed by atoms with E-state index in [4.69, 9.17) is 0 Å². The first-order chi connectivity index (χ1) is 11.5. The summed E-state index contributed by atoms with van der Waals surface area (Å²) in [6, 6.07) is 2.82. The molecular formula is C17H13F6NO. The lowest BCUT2D eigenvalue weighted by molar-refractivity contribution is -0.143. The molecule has 25 heavy (non-hydrogen) atoms. The second kappa shape index (κ2) is 5.72. The third kappa shape index (κ3) is 3.35. The minimum Gasteiger partial charge on any atom is -0.387 e. The number of benzene rings is 1. The number of alkyl halides is 6. The zero-order valence-corrected chi connectivity index (χ0v) is 13.0. The van der Waals surface area contributed by atoms with E-state index in [0.717, 1.165) is 5.56 Å². The van der Waals surface area contributed by atoms with Crippen LogP contribution in [-0.2, 0) is 18.8 Å². The van der Waals surface area contributed by atoms with E-state index in [1.165, 1.54) is 6.07 Å². The number of hydrogen-bond donors (Lipinski definition) is 1. The molecule has 1 heterocycles. The van der Waals surface area contributed by atoms with E-state index < -0.39 is 29.6 Å². The van der Waals surface area contributed by atoms with E-state index in [1.54, 1.807) is 6.92 Å². The van der Waals surface area contributed by atoms with Crippen molar-refractivity contribution in [3.63, 3.8) is 0 Å². The molecule has 2 aromatic rings. The molecule has 0 fully saturated rings. The molecule has 1 aliphatic rings. The summed E-state index contributed by atoms with van der Waals surface area (Å²) in [4.78, 5) is 4.13. The SMILES string of the molecule is Cc1cc(-c2cc(C(F)(F)F)cc(C(F)(F)F)c2)nc2c1CCC2O. The Morgan fingerprint density at radius 3 is 2.04 bits per heavy atom. The van der Waals surface area contributed by atoms with Gasteiger partial charge in [-0.15, -0.1) is 0 Å². The Balaban J connectivity index is 2.21. The number of aryl methyl sites for hydroxylation is 1. The second-order valence-corrected chi connectivity index (χ2v) is 6.04. The fraction of sp³-hybridized carbons (Fsp3) is 0.353. The maximum Gasteiger partial charge on any atom is 0.416 e. The highest BCUT2D eigenvalue weighted by Gasteiger charge is 2.37. The van der Waals surface area contributed by atoms with Gasteiger partial charge in [0.1, 0.15) is 0 Å². The van der Waals surface area contributed by atoms with Gasteiger partial charge in [-0.25, -0.2) is 4.98 Å². The van der Waals surface area contributed by atoms with Crippen LogP contribution in [0.1, 0.15) is 40.5 Å². The van der Waals surface area contributed by atoms with Crippen LogP contribution in [0.5, 0.6) is 0 Å². The number of aliphatic hydroxyl groups excluding tert-OH is 1. The van der Waals surface area contributed by atoms with Gasteiger partial charge in [0.25, 0.3) is 0 Å². The van der Waals surface area contributed by atoms with E-state index in [2.05, 4.69) is 4.98 Å². The predicted octanol–water partition coefficient (Wildman–Crippen LogP) is 5.07. The number of rotatable bonds is 1. The zero-order chi connectivity index (χ0) is 18.6. The van der Waals surface area contributed by atoms with E-state index in [-0.39, 0.29) is 17.3 Å². The third-order valence-corrected chi connectivity index (χ3v) is 4.25. The molecule has 0 saturated carbocycles. The van der Waals surface area contributed by atoms with Crippen LogP contribution in [0, 0.1) is 6.92 Å². The highest BCUT2D eigenvalue weighted by atomic mass is 19.4. The normalized spacial score (nSPS) is 17.7. The Kier molecular flexibility index (Phi) is 4.06. The molecular weight excluding hydrogens is 348 g/mol. The molecule has 0 bridgehead atoms. The van der Waals surface area contributed by atoms with E-state index >= 15 is 0 Å². The molecule has 8 heteroatoms. The molecule has 1 atom stereocenters. The molecule has 0 aliphatic heterocycles. The van der Waals surface area contributed by atoms with Gasteiger partial charge < -0.3 is 5.11 Å². The molecule has 0 saturated heterocycles. The Hall–Kier alpha value is -2.09. The summed E-state index contributed by atoms with van der Waals surface area (Å²) in [6.45, 7) is 1.69. The molecule has 1 aromatic heterocycles. The van der Waals surface area contributed by atoms with E-state index in [0.29, 0.717) is 36.2 Å². The summed E-state index contributed by atoms with van der Waals surface area (Å²) in [7, 11) is 0. The van der Waals surface area contributed by atoms with Crippen LogP contribution in [-0.4, -0.2) is 10.1 Å². The van der Waals surface area contributed by atoms with Crippen molar-refractivity contribution >= 4 is 0 Å². The van der Waals surface area contributed by atoms with Gasteiger partial charge in [-0.05, 0) is 55.2 Å². The molecule has 0 spiro atoms. The van der Waals surface area contributed by atoms with Crippen LogP contribution in [0.15, 0.2) is 24.3 Å². The van der Waals surface area contributed by atoms with Gasteiger partial charge >= 0.3 is 12.4 Å². The second-order valence-electron chi connectivity index (χ2n) is 6.04. The molecule has 1 N–H and O–H groups in total. The molecule has 134 valence electrons. The Morgan fingerprint density at radius 2 is 1.52 bits per heavy atom. The van der Waals surface area contributed by atoms with Crippen LogP contribution in [0.2, 0.25) is 0 Å². The summed E-state index contributed by atoms with van der Waals surface area (Å²) < 4.78 is 77.9. The number of aromatic nitrogens is 1. The molecule has 0 radical (unpaired) electrons. The lowest BCUT2D eigenvalue weighted by atomic mass is 9.99. The van der Waals surface area contributed by atoms with Gasteiger partial charge in [-0.3, -0.25) is 0 Å². The maximum atomic E-state index is 13.0. The predicted molar refractivity (Wildman–Crippen MR) is 77.7 cm³/mol. The van der Waals surface area contributed by atoms with Gasteiger partial charge in [0.05, 0.1) is 28.6 Å². The molecule has 3 rings (SSSR count). The highest BCUT2D eigenvalue weighted by molar-refractivity contribution is 5.64. The Bertz CT molecular complexity index is 793. The van der Waals surface area contributed by atoms with Crippen molar-refractivity contribution in [2.24, 2.45) is 0 Å². The fourth-order valence-electron chi connectivity index (χ4n) is 2.99. The van der Waals surface area contributed by atoms with Gasteiger partial charge in [0.15, 0.2) is 0 Å². The summed E-state index contributed by atoms with van der Waals surface area (Å²) in [5.74, 6) is 0. The van der Waals surface area contributed by atoms with Crippen LogP contribution >= 0.6 is 0 Å². The van der Waals surface area contributed by atoms with Crippen molar-refractivity contribution in [2.45, 2.75) is 38.2 Å². The number of nitrogens with zero attached hydrogens (tertiary/aromatic N) is 1. The van der Waals surface area contributed by atoms with Crippen LogP contribution < -0.4 is 0 Å². The minimum atomic E-state index is -4.92. The minimum absolute atomic E-state index is 0.0196. The topological polar surface area (TPSA) is 33.1 Å². The highest BCUT2D eigenvalue weighted by Crippen LogP contribution is 2.40. The van der Waals surface area contributed by atoms with Gasteiger partial charge in [0.2, 0.25) is 0 Å². The average molecular weight is 361 g/mol. The Labute approximate surface area is 139 Å². The van der Waals surface area contributed by atoms with E-state index in [9.17, 15) is 31.4 Å². The molecule has 1 aromatic carbocycles. The maximum absolute atomic E-state index is 13.0. The first-order valence-corrected chi connectivity index (χ1v) is 7.45. The molecule has 1 unspecified atom stereocenters. The largest absolute Gasteiger partial charge is 0.416 e.